The summed E-state index contributed by atoms with van der Waals surface area (Å²) in [7, 11) is -2.75. The summed E-state index contributed by atoms with van der Waals surface area (Å²) in [5.74, 6) is -0.844. The maximum absolute atomic E-state index is 15.7. The van der Waals surface area contributed by atoms with E-state index in [9.17, 15) is 32.5 Å². The number of hydrogen-bond donors (Lipinski definition) is 2. The zero-order valence-corrected chi connectivity index (χ0v) is 35.3. The molecule has 3 aromatic heterocycles. The third-order valence-electron chi connectivity index (χ3n) is 10.5. The van der Waals surface area contributed by atoms with Gasteiger partial charge in [-0.2, -0.15) is 18.3 Å². The van der Waals surface area contributed by atoms with Gasteiger partial charge in [0.1, 0.15) is 5.52 Å². The molecule has 8 rings (SSSR count). The zero-order chi connectivity index (χ0) is 44.9. The number of anilines is 1. The van der Waals surface area contributed by atoms with Gasteiger partial charge in [0, 0.05) is 54.6 Å². The van der Waals surface area contributed by atoms with Gasteiger partial charge in [0.25, 0.3) is 0 Å². The molecule has 0 atom stereocenters. The van der Waals surface area contributed by atoms with Gasteiger partial charge >= 0.3 is 20.1 Å². The number of halogens is 4. The second-order valence-corrected chi connectivity index (χ2v) is 15.9. The number of methoxy groups -OCH3 is 1. The average molecular weight is 887 g/mol. The van der Waals surface area contributed by atoms with Gasteiger partial charge in [0.05, 0.1) is 43.0 Å². The number of aromatic nitrogens is 5. The van der Waals surface area contributed by atoms with E-state index < -0.39 is 31.5 Å². The first-order chi connectivity index (χ1) is 30.2. The van der Waals surface area contributed by atoms with Crippen LogP contribution in [0.15, 0.2) is 110 Å². The summed E-state index contributed by atoms with van der Waals surface area (Å²) in [5.41, 5.74) is 6.01. The molecule has 18 heteroatoms. The van der Waals surface area contributed by atoms with Crippen molar-refractivity contribution in [1.29, 1.82) is 0 Å². The van der Waals surface area contributed by atoms with Crippen molar-refractivity contribution < 1.29 is 50.7 Å². The molecule has 0 fully saturated rings. The third kappa shape index (κ3) is 9.81. The number of aryl methyl sites for hydroxylation is 2. The minimum absolute atomic E-state index is 0.0450. The van der Waals surface area contributed by atoms with Crippen molar-refractivity contribution >= 4 is 30.8 Å². The number of carboxylic acid groups (broad SMARTS) is 1. The van der Waals surface area contributed by atoms with Crippen LogP contribution in [0.2, 0.25) is 0 Å². The number of carbonyl (C=O) groups is 1. The summed E-state index contributed by atoms with van der Waals surface area (Å²) >= 11 is 0. The molecule has 0 bridgehead atoms. The van der Waals surface area contributed by atoms with Crippen LogP contribution in [-0.4, -0.2) is 54.1 Å². The Labute approximate surface area is 359 Å². The van der Waals surface area contributed by atoms with Gasteiger partial charge in [-0.3, -0.25) is 9.05 Å². The van der Waals surface area contributed by atoms with Gasteiger partial charge in [-0.05, 0) is 47.2 Å². The van der Waals surface area contributed by atoms with Gasteiger partial charge in [-0.1, -0.05) is 92.7 Å². The minimum Gasteiger partial charge on any atom is -0.492 e. The van der Waals surface area contributed by atoms with Crippen molar-refractivity contribution in [1.82, 2.24) is 24.3 Å². The molecule has 1 aliphatic heterocycles. The number of ether oxygens (including phenoxy) is 1. The zero-order valence-electron chi connectivity index (χ0n) is 34.4. The number of rotatable bonds is 12. The highest BCUT2D eigenvalue weighted by Gasteiger charge is 2.34. The van der Waals surface area contributed by atoms with Gasteiger partial charge in [-0.25, -0.2) is 33.0 Å². The fourth-order valence-electron chi connectivity index (χ4n) is 7.41. The Morgan fingerprint density at radius 2 is 1.46 bits per heavy atom. The highest BCUT2D eigenvalue weighted by Crippen LogP contribution is 2.45. The van der Waals surface area contributed by atoms with E-state index in [4.69, 9.17) is 18.9 Å². The van der Waals surface area contributed by atoms with E-state index in [0.717, 1.165) is 50.6 Å². The Morgan fingerprint density at radius 1 is 0.873 bits per heavy atom. The predicted octanol–water partition coefficient (Wildman–Crippen LogP) is 10.2. The minimum atomic E-state index is -4.57. The lowest BCUT2D eigenvalue weighted by molar-refractivity contribution is -0.138. The molecule has 7 aromatic rings. The summed E-state index contributed by atoms with van der Waals surface area (Å²) in [5, 5.41) is 15.3. The van der Waals surface area contributed by atoms with Gasteiger partial charge in [-0.15, -0.1) is 0 Å². The van der Waals surface area contributed by atoms with Crippen LogP contribution in [0, 0.1) is 5.82 Å². The van der Waals surface area contributed by atoms with E-state index in [1.54, 1.807) is 15.6 Å². The first kappa shape index (κ1) is 44.7. The summed E-state index contributed by atoms with van der Waals surface area (Å²) < 4.78 is 84.8. The van der Waals surface area contributed by atoms with Gasteiger partial charge in [0.2, 0.25) is 5.95 Å². The number of para-hydroxylation sites is 1. The van der Waals surface area contributed by atoms with Crippen molar-refractivity contribution in [2.24, 2.45) is 0 Å². The third-order valence-corrected chi connectivity index (χ3v) is 11.4. The van der Waals surface area contributed by atoms with E-state index in [0.29, 0.717) is 48.0 Å². The number of benzene rings is 4. The highest BCUT2D eigenvalue weighted by molar-refractivity contribution is 7.47. The molecule has 13 nitrogen and oxygen atoms in total. The van der Waals surface area contributed by atoms with E-state index in [1.165, 1.54) is 19.4 Å². The molecule has 0 radical (unpaired) electrons. The molecule has 0 unspecified atom stereocenters. The lowest BCUT2D eigenvalue weighted by Crippen LogP contribution is -2.31. The van der Waals surface area contributed by atoms with Crippen LogP contribution in [-0.2, 0) is 58.8 Å². The first-order valence-electron chi connectivity index (χ1n) is 19.9. The average Bonchev–Trinajstić information content (AvgIpc) is 3.90. The Kier molecular flexibility index (Phi) is 13.4. The van der Waals surface area contributed by atoms with Crippen LogP contribution >= 0.6 is 7.82 Å². The number of phosphoric ester groups is 1. The predicted molar refractivity (Wildman–Crippen MR) is 227 cm³/mol. The van der Waals surface area contributed by atoms with Crippen LogP contribution in [0.5, 0.6) is 5.75 Å². The summed E-state index contributed by atoms with van der Waals surface area (Å²) in [4.78, 5) is 31.4. The summed E-state index contributed by atoms with van der Waals surface area (Å²) in [6, 6.07) is 27.3. The molecule has 4 heterocycles. The second kappa shape index (κ2) is 18.9. The molecule has 63 heavy (non-hydrogen) atoms. The summed E-state index contributed by atoms with van der Waals surface area (Å²) in [6.45, 7) is 4.73. The SMILES string of the molecule is CCc1cccc(CC)c1-n1nc2c(c1-c1cc(F)c(OC)c3c1ccn3C(=O)O)CN(c1ncc(C(F)(F)F)cn1)CC2.O=P(O)(OCc1ccccc1)OCc1ccccc1. The van der Waals surface area contributed by atoms with Crippen molar-refractivity contribution in [3.05, 3.63) is 154 Å². The second-order valence-electron chi connectivity index (χ2n) is 14.4. The van der Waals surface area contributed by atoms with Crippen molar-refractivity contribution in [2.75, 3.05) is 18.6 Å². The summed E-state index contributed by atoms with van der Waals surface area (Å²) in [6.07, 6.45) is -1.21. The molecular formula is C45H43F4N6O7P. The van der Waals surface area contributed by atoms with Gasteiger partial charge in [0.15, 0.2) is 11.6 Å². The number of nitrogens with zero attached hydrogens (tertiary/aromatic N) is 6. The maximum Gasteiger partial charge on any atom is 0.472 e. The molecule has 0 saturated carbocycles. The first-order valence-corrected chi connectivity index (χ1v) is 21.4. The maximum atomic E-state index is 15.7. The fourth-order valence-corrected chi connectivity index (χ4v) is 8.11. The molecule has 0 aliphatic carbocycles. The Morgan fingerprint density at radius 3 is 1.98 bits per heavy atom. The van der Waals surface area contributed by atoms with Crippen molar-refractivity contribution in [2.45, 2.75) is 59.0 Å². The standard InChI is InChI=1S/C31H28F4N6O3.C14H15O4P/c1-4-17-7-6-8-18(5-2)25(17)41-26(21-13-23(32)28(44-3)27-20(21)9-12-40(27)30(42)43)22-16-39(11-10-24(22)38-41)29-36-14-19(15-37-29)31(33,34)35;15-19(16,17-11-13-7-3-1-4-8-13)18-12-14-9-5-2-6-10-14/h6-9,12-15H,4-5,10-11,16H2,1-3H3,(H,42,43);1-10H,11-12H2,(H,15,16). The molecule has 0 spiro atoms. The van der Waals surface area contributed by atoms with Crippen molar-refractivity contribution in [3.63, 3.8) is 0 Å². The van der Waals surface area contributed by atoms with E-state index >= 15 is 4.39 Å². The quantitative estimate of drug-likeness (QED) is 0.0890. The normalized spacial score (nSPS) is 12.8. The molecule has 0 amide bonds. The lowest BCUT2D eigenvalue weighted by Gasteiger charge is -2.27. The monoisotopic (exact) mass is 886 g/mol. The molecule has 328 valence electrons. The number of phosphoric acid groups is 1. The highest BCUT2D eigenvalue weighted by atomic mass is 31.2. The molecular weight excluding hydrogens is 843 g/mol. The number of fused-ring (bicyclic) bond motifs is 2. The van der Waals surface area contributed by atoms with Gasteiger partial charge < -0.3 is 19.6 Å². The van der Waals surface area contributed by atoms with Crippen LogP contribution in [0.25, 0.3) is 27.8 Å². The molecule has 0 saturated heterocycles. The molecule has 1 aliphatic rings. The largest absolute Gasteiger partial charge is 0.492 e. The van der Waals surface area contributed by atoms with Crippen molar-refractivity contribution in [3.8, 4) is 22.7 Å². The Balaban J connectivity index is 0.000000262. The van der Waals surface area contributed by atoms with E-state index in [-0.39, 0.29) is 37.0 Å². The molecule has 2 N–H and O–H groups in total. The fraction of sp³-hybridized carbons (Fsp3) is 0.244. The smallest absolute Gasteiger partial charge is 0.472 e. The number of alkyl halides is 3. The van der Waals surface area contributed by atoms with Crippen LogP contribution in [0.3, 0.4) is 0 Å². The number of hydrogen-bond acceptors (Lipinski definition) is 9. The Bertz CT molecular complexity index is 2700. The topological polar surface area (TPSA) is 154 Å². The van der Waals surface area contributed by atoms with E-state index in [2.05, 4.69) is 9.97 Å². The lowest BCUT2D eigenvalue weighted by atomic mass is 9.97. The van der Waals surface area contributed by atoms with Crippen LogP contribution < -0.4 is 9.64 Å². The molecule has 4 aromatic carbocycles. The van der Waals surface area contributed by atoms with Crippen LogP contribution in [0.4, 0.5) is 28.3 Å². The van der Waals surface area contributed by atoms with Crippen LogP contribution in [0.1, 0.15) is 52.9 Å². The van der Waals surface area contributed by atoms with E-state index in [1.807, 2.05) is 92.7 Å². The Hall–Kier alpha value is -6.39.